The third-order valence-electron chi connectivity index (χ3n) is 3.02. The highest BCUT2D eigenvalue weighted by molar-refractivity contribution is 9.11. The molecule has 0 spiro atoms. The number of anilines is 2. The fraction of sp³-hybridized carbons (Fsp3) is 0.154. The maximum atomic E-state index is 12.8. The molecule has 0 bridgehead atoms. The predicted molar refractivity (Wildman–Crippen MR) is 90.8 cm³/mol. The van der Waals surface area contributed by atoms with Crippen LogP contribution in [0, 0.1) is 6.92 Å². The molecule has 1 aromatic heterocycles. The maximum Gasteiger partial charge on any atom is 0.265 e. The quantitative estimate of drug-likeness (QED) is 0.803. The van der Waals surface area contributed by atoms with Gasteiger partial charge < -0.3 is 5.73 Å². The van der Waals surface area contributed by atoms with Crippen LogP contribution in [0.3, 0.4) is 0 Å². The van der Waals surface area contributed by atoms with Crippen molar-refractivity contribution in [2.45, 2.75) is 11.8 Å². The molecule has 2 rings (SSSR count). The minimum absolute atomic E-state index is 0.165. The molecule has 0 atom stereocenters. The zero-order chi connectivity index (χ0) is 15.8. The zero-order valence-corrected chi connectivity index (χ0v) is 15.3. The number of halogens is 2. The summed E-state index contributed by atoms with van der Waals surface area (Å²) in [6.45, 7) is 1.88. The lowest BCUT2D eigenvalue weighted by atomic mass is 10.2. The topological polar surface area (TPSA) is 76.3 Å². The number of aryl methyl sites for hydroxylation is 1. The Balaban J connectivity index is 2.58. The number of hydrogen-bond donors (Lipinski definition) is 1. The van der Waals surface area contributed by atoms with Gasteiger partial charge in [-0.05, 0) is 46.6 Å². The third-order valence-corrected chi connectivity index (χ3v) is 6.60. The van der Waals surface area contributed by atoms with Gasteiger partial charge in [0.05, 0.1) is 17.6 Å². The van der Waals surface area contributed by atoms with E-state index in [0.29, 0.717) is 15.8 Å². The van der Waals surface area contributed by atoms with Gasteiger partial charge in [0.1, 0.15) is 4.90 Å². The molecule has 0 unspecified atom stereocenters. The third kappa shape index (κ3) is 3.07. The van der Waals surface area contributed by atoms with Crippen LogP contribution in [0.5, 0.6) is 0 Å². The number of nitrogens with two attached hydrogens (primary N) is 1. The Hall–Kier alpha value is -1.12. The van der Waals surface area contributed by atoms with E-state index in [2.05, 4.69) is 36.8 Å². The summed E-state index contributed by atoms with van der Waals surface area (Å²) in [6.07, 6.45) is 2.92. The van der Waals surface area contributed by atoms with E-state index in [1.165, 1.54) is 19.4 Å². The van der Waals surface area contributed by atoms with Crippen LogP contribution in [0.15, 0.2) is 44.4 Å². The normalized spacial score (nSPS) is 11.4. The molecular weight excluding hydrogens is 422 g/mol. The highest BCUT2D eigenvalue weighted by Crippen LogP contribution is 2.33. The highest BCUT2D eigenvalue weighted by atomic mass is 79.9. The molecule has 21 heavy (non-hydrogen) atoms. The molecule has 2 N–H and O–H groups in total. The Kier molecular flexibility index (Phi) is 4.60. The number of nitrogens with zero attached hydrogens (tertiary/aromatic N) is 2. The van der Waals surface area contributed by atoms with Crippen molar-refractivity contribution < 1.29 is 8.42 Å². The van der Waals surface area contributed by atoms with Gasteiger partial charge in [0.2, 0.25) is 0 Å². The zero-order valence-electron chi connectivity index (χ0n) is 11.3. The van der Waals surface area contributed by atoms with Crippen LogP contribution >= 0.6 is 31.9 Å². The van der Waals surface area contributed by atoms with Crippen LogP contribution in [-0.2, 0) is 10.0 Å². The number of benzene rings is 1. The largest absolute Gasteiger partial charge is 0.396 e. The molecule has 0 fully saturated rings. The number of hydrogen-bond acceptors (Lipinski definition) is 4. The van der Waals surface area contributed by atoms with Crippen molar-refractivity contribution in [1.82, 2.24) is 4.98 Å². The van der Waals surface area contributed by atoms with Crippen molar-refractivity contribution in [3.8, 4) is 0 Å². The fourth-order valence-corrected chi connectivity index (χ4v) is 4.65. The average molecular weight is 435 g/mol. The predicted octanol–water partition coefficient (Wildman–Crippen LogP) is 3.32. The summed E-state index contributed by atoms with van der Waals surface area (Å²) in [5.41, 5.74) is 7.42. The number of rotatable bonds is 3. The lowest BCUT2D eigenvalue weighted by Crippen LogP contribution is -2.27. The van der Waals surface area contributed by atoms with E-state index in [1.807, 2.05) is 6.92 Å². The van der Waals surface area contributed by atoms with Crippen LogP contribution in [0.1, 0.15) is 5.56 Å². The molecule has 2 aromatic rings. The number of pyridine rings is 1. The van der Waals surface area contributed by atoms with E-state index >= 15 is 0 Å². The van der Waals surface area contributed by atoms with Gasteiger partial charge in [-0.2, -0.15) is 0 Å². The van der Waals surface area contributed by atoms with Crippen molar-refractivity contribution in [2.24, 2.45) is 0 Å². The summed E-state index contributed by atoms with van der Waals surface area (Å²) in [7, 11) is -2.28. The minimum atomic E-state index is -3.74. The standard InChI is InChI=1S/C13H13Br2N3O2S/c1-8-5-10(15)13(6-9(8)14)21(19,20)18(2)12-3-4-17-7-11(12)16/h3-7H,16H2,1-2H3. The molecule has 0 aliphatic rings. The molecule has 1 aromatic carbocycles. The van der Waals surface area contributed by atoms with Gasteiger partial charge in [-0.25, -0.2) is 8.42 Å². The average Bonchev–Trinajstić information content (AvgIpc) is 2.42. The van der Waals surface area contributed by atoms with Gasteiger partial charge in [0, 0.05) is 22.2 Å². The van der Waals surface area contributed by atoms with E-state index in [9.17, 15) is 8.42 Å². The van der Waals surface area contributed by atoms with Gasteiger partial charge in [-0.1, -0.05) is 15.9 Å². The van der Waals surface area contributed by atoms with Crippen LogP contribution in [-0.4, -0.2) is 20.4 Å². The Bertz CT molecular complexity index is 794. The smallest absolute Gasteiger partial charge is 0.265 e. The molecule has 1 heterocycles. The molecule has 0 amide bonds. The van der Waals surface area contributed by atoms with Crippen molar-refractivity contribution in [3.05, 3.63) is 45.1 Å². The van der Waals surface area contributed by atoms with Gasteiger partial charge in [-0.3, -0.25) is 9.29 Å². The van der Waals surface area contributed by atoms with Crippen LogP contribution < -0.4 is 10.0 Å². The van der Waals surface area contributed by atoms with E-state index in [0.717, 1.165) is 14.3 Å². The summed E-state index contributed by atoms with van der Waals surface area (Å²) in [5, 5.41) is 0. The molecule has 0 saturated heterocycles. The Morgan fingerprint density at radius 3 is 2.52 bits per heavy atom. The first-order valence-electron chi connectivity index (χ1n) is 5.89. The van der Waals surface area contributed by atoms with E-state index in [4.69, 9.17) is 5.73 Å². The van der Waals surface area contributed by atoms with Gasteiger partial charge in [0.25, 0.3) is 10.0 Å². The Morgan fingerprint density at radius 1 is 1.24 bits per heavy atom. The van der Waals surface area contributed by atoms with Gasteiger partial charge in [-0.15, -0.1) is 0 Å². The lowest BCUT2D eigenvalue weighted by Gasteiger charge is -2.21. The molecule has 5 nitrogen and oxygen atoms in total. The molecule has 8 heteroatoms. The highest BCUT2D eigenvalue weighted by Gasteiger charge is 2.25. The van der Waals surface area contributed by atoms with E-state index in [-0.39, 0.29) is 4.90 Å². The van der Waals surface area contributed by atoms with Crippen LogP contribution in [0.4, 0.5) is 11.4 Å². The maximum absolute atomic E-state index is 12.8. The second-order valence-electron chi connectivity index (χ2n) is 4.44. The SMILES string of the molecule is Cc1cc(Br)c(S(=O)(=O)N(C)c2ccncc2N)cc1Br. The fourth-order valence-electron chi connectivity index (χ4n) is 1.79. The molecule has 112 valence electrons. The first kappa shape index (κ1) is 16.3. The first-order valence-corrected chi connectivity index (χ1v) is 8.92. The minimum Gasteiger partial charge on any atom is -0.396 e. The first-order chi connectivity index (χ1) is 9.75. The molecule has 0 saturated carbocycles. The van der Waals surface area contributed by atoms with Crippen molar-refractivity contribution in [1.29, 1.82) is 0 Å². The monoisotopic (exact) mass is 433 g/mol. The lowest BCUT2D eigenvalue weighted by molar-refractivity contribution is 0.594. The summed E-state index contributed by atoms with van der Waals surface area (Å²) in [5.74, 6) is 0. The van der Waals surface area contributed by atoms with Crippen molar-refractivity contribution in [2.75, 3.05) is 17.1 Å². The van der Waals surface area contributed by atoms with Crippen molar-refractivity contribution in [3.63, 3.8) is 0 Å². The number of sulfonamides is 1. The van der Waals surface area contributed by atoms with E-state index in [1.54, 1.807) is 18.2 Å². The number of nitrogen functional groups attached to an aromatic ring is 1. The van der Waals surface area contributed by atoms with E-state index < -0.39 is 10.0 Å². The summed E-state index contributed by atoms with van der Waals surface area (Å²) in [6, 6.07) is 4.88. The number of aromatic nitrogens is 1. The van der Waals surface area contributed by atoms with Crippen LogP contribution in [0.25, 0.3) is 0 Å². The summed E-state index contributed by atoms with van der Waals surface area (Å²) >= 11 is 6.66. The second kappa shape index (κ2) is 5.94. The summed E-state index contributed by atoms with van der Waals surface area (Å²) < 4.78 is 27.9. The Labute approximate surface area is 140 Å². The van der Waals surface area contributed by atoms with Gasteiger partial charge >= 0.3 is 0 Å². The van der Waals surface area contributed by atoms with Crippen LogP contribution in [0.2, 0.25) is 0 Å². The van der Waals surface area contributed by atoms with Crippen molar-refractivity contribution >= 4 is 53.3 Å². The second-order valence-corrected chi connectivity index (χ2v) is 8.09. The molecule has 0 aliphatic heterocycles. The molecule has 0 radical (unpaired) electrons. The Morgan fingerprint density at radius 2 is 1.90 bits per heavy atom. The molecule has 0 aliphatic carbocycles. The van der Waals surface area contributed by atoms with Gasteiger partial charge in [0.15, 0.2) is 0 Å². The molecular formula is C13H13Br2N3O2S. The summed E-state index contributed by atoms with van der Waals surface area (Å²) in [4.78, 5) is 4.03.